The van der Waals surface area contributed by atoms with Crippen molar-refractivity contribution >= 4 is 71.0 Å². The van der Waals surface area contributed by atoms with Crippen LogP contribution in [-0.4, -0.2) is 181 Å². The third-order valence-electron chi connectivity index (χ3n) is 12.4. The predicted octanol–water partition coefficient (Wildman–Crippen LogP) is -5.33. The number of unbranched alkanes of at least 4 members (excludes halogenated alkanes) is 1. The van der Waals surface area contributed by atoms with Gasteiger partial charge in [0.05, 0.1) is 18.2 Å². The zero-order chi connectivity index (χ0) is 58.3. The van der Waals surface area contributed by atoms with E-state index in [1.807, 2.05) is 0 Å². The SMILES string of the molecule is CC(C)[C@H](NC(=O)[C@H](CCC(=O)O)NC(=O)[C@H](CCCCN)NC(=O)[C@@H](NC(=O)[C@H](CCC(N)=O)NC(=O)[C@@H](N)CCC(N)=O)[C@@H](C)O)C(=O)N1CCC[C@H]1C(=O)N[C@@H](Cc1ccc(O)cc1)C(=O)N[C@H](C(=O)O)[C@@H](C)O. The van der Waals surface area contributed by atoms with Crippen molar-refractivity contribution < 1.29 is 83.1 Å². The first-order chi connectivity index (χ1) is 36.1. The molecule has 20 N–H and O–H groups in total. The quantitative estimate of drug-likeness (QED) is 0.0287. The Morgan fingerprint density at radius 1 is 0.597 bits per heavy atom. The van der Waals surface area contributed by atoms with Crippen LogP contribution in [0.4, 0.5) is 0 Å². The van der Waals surface area contributed by atoms with E-state index in [0.29, 0.717) is 12.0 Å². The lowest BCUT2D eigenvalue weighted by molar-refractivity contribution is -0.146. The lowest BCUT2D eigenvalue weighted by Gasteiger charge is -2.32. The summed E-state index contributed by atoms with van der Waals surface area (Å²) < 4.78 is 0. The molecule has 2 rings (SSSR count). The Labute approximate surface area is 444 Å². The number of rotatable bonds is 34. The van der Waals surface area contributed by atoms with Crippen LogP contribution in [0.2, 0.25) is 0 Å². The highest BCUT2D eigenvalue weighted by atomic mass is 16.4. The van der Waals surface area contributed by atoms with E-state index in [2.05, 4.69) is 37.2 Å². The van der Waals surface area contributed by atoms with Gasteiger partial charge in [-0.3, -0.25) is 52.7 Å². The maximum absolute atomic E-state index is 14.4. The van der Waals surface area contributed by atoms with Crippen molar-refractivity contribution in [3.8, 4) is 5.75 Å². The number of hydrogen-bond donors (Lipinski definition) is 16. The first-order valence-electron chi connectivity index (χ1n) is 25.1. The molecule has 11 atom stereocenters. The number of nitrogens with two attached hydrogens (primary N) is 4. The lowest BCUT2D eigenvalue weighted by atomic mass is 10.00. The number of hydrogen-bond acceptors (Lipinski definition) is 17. The second-order valence-electron chi connectivity index (χ2n) is 19.2. The number of nitrogens with zero attached hydrogens (tertiary/aromatic N) is 1. The van der Waals surface area contributed by atoms with Gasteiger partial charge in [0.15, 0.2) is 6.04 Å². The Hall–Kier alpha value is -7.50. The van der Waals surface area contributed by atoms with Gasteiger partial charge in [-0.1, -0.05) is 26.0 Å². The van der Waals surface area contributed by atoms with Crippen LogP contribution >= 0.6 is 0 Å². The van der Waals surface area contributed by atoms with E-state index < -0.39 is 169 Å². The first-order valence-corrected chi connectivity index (χ1v) is 25.1. The van der Waals surface area contributed by atoms with Crippen LogP contribution in [-0.2, 0) is 64.0 Å². The molecule has 1 saturated heterocycles. The molecule has 0 bridgehead atoms. The normalized spacial score (nSPS) is 17.1. The smallest absolute Gasteiger partial charge is 0.328 e. The molecule has 77 heavy (non-hydrogen) atoms. The summed E-state index contributed by atoms with van der Waals surface area (Å²) >= 11 is 0. The molecular formula is C48H76N12O17. The molecule has 1 aromatic carbocycles. The molecule has 1 aromatic rings. The molecule has 29 nitrogen and oxygen atoms in total. The van der Waals surface area contributed by atoms with Gasteiger partial charge in [-0.25, -0.2) is 4.79 Å². The van der Waals surface area contributed by atoms with Gasteiger partial charge in [-0.05, 0) is 95.4 Å². The van der Waals surface area contributed by atoms with Crippen LogP contribution in [0.3, 0.4) is 0 Å². The zero-order valence-corrected chi connectivity index (χ0v) is 43.5. The molecule has 10 amide bonds. The average molecular weight is 1090 g/mol. The number of benzene rings is 1. The number of aliphatic hydroxyl groups excluding tert-OH is 2. The number of phenols is 1. The average Bonchev–Trinajstić information content (AvgIpc) is 3.85. The van der Waals surface area contributed by atoms with E-state index in [1.165, 1.54) is 29.2 Å². The number of aliphatic carboxylic acids is 2. The molecule has 0 saturated carbocycles. The summed E-state index contributed by atoms with van der Waals surface area (Å²) in [5.74, 6) is -13.2. The number of nitrogens with one attached hydrogen (secondary N) is 7. The number of phenolic OH excluding ortho intramolecular Hbond substituents is 1. The summed E-state index contributed by atoms with van der Waals surface area (Å²) in [5.41, 5.74) is 22.3. The maximum Gasteiger partial charge on any atom is 0.328 e. The van der Waals surface area contributed by atoms with Crippen molar-refractivity contribution in [3.63, 3.8) is 0 Å². The van der Waals surface area contributed by atoms with Gasteiger partial charge < -0.3 is 90.6 Å². The molecule has 29 heteroatoms. The van der Waals surface area contributed by atoms with Crippen LogP contribution in [0.15, 0.2) is 24.3 Å². The fourth-order valence-corrected chi connectivity index (χ4v) is 7.99. The predicted molar refractivity (Wildman–Crippen MR) is 271 cm³/mol. The number of carbonyl (C=O) groups is 12. The summed E-state index contributed by atoms with van der Waals surface area (Å²) in [6, 6.07) is -8.18. The van der Waals surface area contributed by atoms with Gasteiger partial charge in [-0.15, -0.1) is 0 Å². The number of likely N-dealkylation sites (tertiary alicyclic amines) is 1. The van der Waals surface area contributed by atoms with Crippen molar-refractivity contribution in [3.05, 3.63) is 29.8 Å². The van der Waals surface area contributed by atoms with Crippen molar-refractivity contribution in [1.82, 2.24) is 42.1 Å². The standard InChI is InChI=1S/C48H76N12O17/c1-23(2)37(47(75)60-21-7-9-33(60)45(73)56-32(22-26-10-12-27(63)13-11-26)44(72)59-39(25(4)62)48(76)77)57-42(70)31(16-19-36(66)67)54-41(69)29(8-5-6-20-49)55-46(74)38(24(3)61)58-43(71)30(15-18-35(52)65)53-40(68)28(50)14-17-34(51)64/h10-13,23-25,28-33,37-39,61-63H,5-9,14-22,49-50H2,1-4H3,(H2,51,64)(H2,52,65)(H,53,68)(H,54,69)(H,55,74)(H,56,73)(H,57,70)(H,58,71)(H,59,72)(H,66,67)(H,76,77)/t24-,25-,28+,29+,30+,31+,32+,33+,37+,38+,39+/m1/s1. The summed E-state index contributed by atoms with van der Waals surface area (Å²) in [4.78, 5) is 158. The lowest BCUT2D eigenvalue weighted by Crippen LogP contribution is -2.62. The highest BCUT2D eigenvalue weighted by Gasteiger charge is 2.42. The Kier molecular flexibility index (Phi) is 27.4. The third kappa shape index (κ3) is 22.3. The Balaban J connectivity index is 2.40. The van der Waals surface area contributed by atoms with Crippen LogP contribution < -0.4 is 60.2 Å². The summed E-state index contributed by atoms with van der Waals surface area (Å²) in [7, 11) is 0. The molecule has 1 heterocycles. The third-order valence-corrected chi connectivity index (χ3v) is 12.4. The largest absolute Gasteiger partial charge is 0.508 e. The van der Waals surface area contributed by atoms with Gasteiger partial charge in [0, 0.05) is 32.2 Å². The molecule has 0 spiro atoms. The number of amides is 10. The minimum atomic E-state index is -1.83. The van der Waals surface area contributed by atoms with Gasteiger partial charge in [0.1, 0.15) is 48.0 Å². The Morgan fingerprint density at radius 3 is 1.60 bits per heavy atom. The van der Waals surface area contributed by atoms with Crippen LogP contribution in [0.1, 0.15) is 104 Å². The number of aromatic hydroxyl groups is 1. The van der Waals surface area contributed by atoms with E-state index in [0.717, 1.165) is 13.8 Å². The van der Waals surface area contributed by atoms with Crippen molar-refractivity contribution in [2.75, 3.05) is 13.1 Å². The van der Waals surface area contributed by atoms with Gasteiger partial charge in [0.2, 0.25) is 59.1 Å². The second kappa shape index (κ2) is 32.2. The molecule has 0 aromatic heterocycles. The van der Waals surface area contributed by atoms with E-state index >= 15 is 0 Å². The minimum Gasteiger partial charge on any atom is -0.508 e. The van der Waals surface area contributed by atoms with E-state index in [9.17, 15) is 83.1 Å². The van der Waals surface area contributed by atoms with Crippen molar-refractivity contribution in [2.45, 2.75) is 171 Å². The maximum atomic E-state index is 14.4. The topological polar surface area (TPSA) is 498 Å². The molecular weight excluding hydrogens is 1020 g/mol. The molecule has 0 aliphatic carbocycles. The zero-order valence-electron chi connectivity index (χ0n) is 43.5. The molecule has 1 aliphatic heterocycles. The highest BCUT2D eigenvalue weighted by Crippen LogP contribution is 2.22. The molecule has 1 fully saturated rings. The molecule has 0 unspecified atom stereocenters. The second-order valence-corrected chi connectivity index (χ2v) is 19.2. The number of aliphatic hydroxyl groups is 2. The van der Waals surface area contributed by atoms with E-state index in [1.54, 1.807) is 13.8 Å². The molecule has 0 radical (unpaired) electrons. The van der Waals surface area contributed by atoms with Gasteiger partial charge in [-0.2, -0.15) is 0 Å². The van der Waals surface area contributed by atoms with E-state index in [4.69, 9.17) is 22.9 Å². The summed E-state index contributed by atoms with van der Waals surface area (Å²) in [6.45, 7) is 5.54. The number of carbonyl (C=O) groups excluding carboxylic acids is 10. The van der Waals surface area contributed by atoms with Crippen molar-refractivity contribution in [2.24, 2.45) is 28.9 Å². The van der Waals surface area contributed by atoms with Crippen LogP contribution in [0, 0.1) is 5.92 Å². The number of carboxylic acids is 2. The number of primary amides is 2. The highest BCUT2D eigenvalue weighted by molar-refractivity contribution is 5.99. The minimum absolute atomic E-state index is 0.000451. The molecule has 1 aliphatic rings. The Bertz CT molecular complexity index is 2250. The van der Waals surface area contributed by atoms with Gasteiger partial charge >= 0.3 is 11.9 Å². The summed E-state index contributed by atoms with van der Waals surface area (Å²) in [5, 5.41) is 66.5. The van der Waals surface area contributed by atoms with Gasteiger partial charge in [0.25, 0.3) is 0 Å². The van der Waals surface area contributed by atoms with E-state index in [-0.39, 0.29) is 63.8 Å². The number of carboxylic acid groups (broad SMARTS) is 2. The monoisotopic (exact) mass is 1090 g/mol. The Morgan fingerprint density at radius 2 is 1.08 bits per heavy atom. The summed E-state index contributed by atoms with van der Waals surface area (Å²) in [6.07, 6.45) is -5.17. The fourth-order valence-electron chi connectivity index (χ4n) is 7.99. The fraction of sp³-hybridized carbons (Fsp3) is 0.625. The molecule has 430 valence electrons. The van der Waals surface area contributed by atoms with Crippen LogP contribution in [0.5, 0.6) is 5.75 Å². The van der Waals surface area contributed by atoms with Crippen molar-refractivity contribution in [1.29, 1.82) is 0 Å². The van der Waals surface area contributed by atoms with Crippen LogP contribution in [0.25, 0.3) is 0 Å². The first kappa shape index (κ1) is 65.6.